The molecule has 0 spiro atoms. The van der Waals surface area contributed by atoms with E-state index in [9.17, 15) is 5.11 Å². The molecule has 1 N–H and O–H groups in total. The molecule has 5 heteroatoms. The molecule has 19 heavy (non-hydrogen) atoms. The van der Waals surface area contributed by atoms with Crippen molar-refractivity contribution in [2.45, 2.75) is 26.5 Å². The van der Waals surface area contributed by atoms with E-state index in [-0.39, 0.29) is 6.61 Å². The van der Waals surface area contributed by atoms with Crippen molar-refractivity contribution in [3.8, 4) is 5.75 Å². The highest BCUT2D eigenvalue weighted by atomic mass is 79.9. The van der Waals surface area contributed by atoms with Gasteiger partial charge in [-0.15, -0.1) is 0 Å². The number of aryl methyl sites for hydroxylation is 2. The van der Waals surface area contributed by atoms with Gasteiger partial charge in [0.25, 0.3) is 0 Å². The minimum atomic E-state index is -0.582. The quantitative estimate of drug-likeness (QED) is 0.919. The van der Waals surface area contributed by atoms with Crippen molar-refractivity contribution < 1.29 is 9.84 Å². The number of aromatic nitrogens is 2. The first-order chi connectivity index (χ1) is 9.04. The Morgan fingerprint density at radius 2 is 2.00 bits per heavy atom. The molecule has 1 aromatic carbocycles. The van der Waals surface area contributed by atoms with Gasteiger partial charge in [0.1, 0.15) is 18.5 Å². The standard InChI is InChI=1S/C14H17BrN2O2/c1-10-7-11(2)17(16-10)8-13(18)9-19-14-5-3-12(15)4-6-14/h3-7,13,18H,8-9H2,1-2H3/t13-/m0/s1. The van der Waals surface area contributed by atoms with Crippen LogP contribution in [0.25, 0.3) is 0 Å². The highest BCUT2D eigenvalue weighted by Gasteiger charge is 2.09. The highest BCUT2D eigenvalue weighted by Crippen LogP contribution is 2.16. The number of rotatable bonds is 5. The summed E-state index contributed by atoms with van der Waals surface area (Å²) in [5.41, 5.74) is 2.00. The Labute approximate surface area is 121 Å². The molecule has 1 atom stereocenters. The number of benzene rings is 1. The summed E-state index contributed by atoms with van der Waals surface area (Å²) in [6, 6.07) is 9.52. The van der Waals surface area contributed by atoms with Crippen molar-refractivity contribution in [3.05, 3.63) is 46.2 Å². The fraction of sp³-hybridized carbons (Fsp3) is 0.357. The number of hydrogen-bond donors (Lipinski definition) is 1. The fourth-order valence-corrected chi connectivity index (χ4v) is 2.10. The molecular weight excluding hydrogens is 308 g/mol. The Kier molecular flexibility index (Phi) is 4.61. The molecule has 0 saturated heterocycles. The van der Waals surface area contributed by atoms with E-state index in [2.05, 4.69) is 21.0 Å². The van der Waals surface area contributed by atoms with E-state index in [1.807, 2.05) is 44.2 Å². The molecular formula is C14H17BrN2O2. The molecule has 0 bridgehead atoms. The van der Waals surface area contributed by atoms with E-state index in [0.717, 1.165) is 21.6 Å². The van der Waals surface area contributed by atoms with Crippen molar-refractivity contribution >= 4 is 15.9 Å². The first-order valence-corrected chi connectivity index (χ1v) is 6.91. The molecule has 0 radical (unpaired) electrons. The Morgan fingerprint density at radius 1 is 1.32 bits per heavy atom. The van der Waals surface area contributed by atoms with E-state index >= 15 is 0 Å². The lowest BCUT2D eigenvalue weighted by atomic mass is 10.3. The topological polar surface area (TPSA) is 47.3 Å². The lowest BCUT2D eigenvalue weighted by Crippen LogP contribution is -2.24. The summed E-state index contributed by atoms with van der Waals surface area (Å²) in [5.74, 6) is 0.746. The number of aliphatic hydroxyl groups excluding tert-OH is 1. The normalized spacial score (nSPS) is 12.4. The van der Waals surface area contributed by atoms with Crippen LogP contribution in [0.15, 0.2) is 34.8 Å². The number of aliphatic hydroxyl groups is 1. The average molecular weight is 325 g/mol. The highest BCUT2D eigenvalue weighted by molar-refractivity contribution is 9.10. The Bertz CT molecular complexity index is 537. The zero-order chi connectivity index (χ0) is 13.8. The van der Waals surface area contributed by atoms with E-state index in [0.29, 0.717) is 6.54 Å². The van der Waals surface area contributed by atoms with Crippen molar-refractivity contribution in [1.82, 2.24) is 9.78 Å². The van der Waals surface area contributed by atoms with Crippen LogP contribution < -0.4 is 4.74 Å². The number of nitrogens with zero attached hydrogens (tertiary/aromatic N) is 2. The molecule has 0 aliphatic carbocycles. The van der Waals surface area contributed by atoms with Gasteiger partial charge in [-0.1, -0.05) is 15.9 Å². The summed E-state index contributed by atoms with van der Waals surface area (Å²) in [6.45, 7) is 4.60. The van der Waals surface area contributed by atoms with Crippen LogP contribution in [0, 0.1) is 13.8 Å². The first-order valence-electron chi connectivity index (χ1n) is 6.12. The largest absolute Gasteiger partial charge is 0.491 e. The van der Waals surface area contributed by atoms with Crippen molar-refractivity contribution in [3.63, 3.8) is 0 Å². The Balaban J connectivity index is 1.86. The van der Waals surface area contributed by atoms with Crippen molar-refractivity contribution in [2.75, 3.05) is 6.61 Å². The molecule has 1 aromatic heterocycles. The monoisotopic (exact) mass is 324 g/mol. The molecule has 0 unspecified atom stereocenters. The lowest BCUT2D eigenvalue weighted by molar-refractivity contribution is 0.0887. The second kappa shape index (κ2) is 6.21. The molecule has 2 rings (SSSR count). The van der Waals surface area contributed by atoms with E-state index in [4.69, 9.17) is 4.74 Å². The summed E-state index contributed by atoms with van der Waals surface area (Å²) < 4.78 is 8.33. The van der Waals surface area contributed by atoms with Gasteiger partial charge >= 0.3 is 0 Å². The predicted molar refractivity (Wildman–Crippen MR) is 77.3 cm³/mol. The van der Waals surface area contributed by atoms with Gasteiger partial charge in [-0.05, 0) is 44.2 Å². The number of hydrogen-bond acceptors (Lipinski definition) is 3. The van der Waals surface area contributed by atoms with Gasteiger partial charge in [-0.3, -0.25) is 4.68 Å². The second-order valence-electron chi connectivity index (χ2n) is 4.53. The average Bonchev–Trinajstić information content (AvgIpc) is 2.67. The molecule has 4 nitrogen and oxygen atoms in total. The molecule has 0 aliphatic heterocycles. The van der Waals surface area contributed by atoms with Gasteiger partial charge in [0.05, 0.1) is 12.2 Å². The first kappa shape index (κ1) is 14.1. The van der Waals surface area contributed by atoms with Crippen LogP contribution in [0.3, 0.4) is 0 Å². The van der Waals surface area contributed by atoms with Crippen LogP contribution in [0.5, 0.6) is 5.75 Å². The molecule has 2 aromatic rings. The predicted octanol–water partition coefficient (Wildman–Crippen LogP) is 2.70. The smallest absolute Gasteiger partial charge is 0.119 e. The molecule has 0 amide bonds. The van der Waals surface area contributed by atoms with E-state index in [1.54, 1.807) is 4.68 Å². The zero-order valence-corrected chi connectivity index (χ0v) is 12.6. The Hall–Kier alpha value is -1.33. The van der Waals surface area contributed by atoms with Crippen molar-refractivity contribution in [2.24, 2.45) is 0 Å². The molecule has 0 fully saturated rings. The van der Waals surface area contributed by atoms with Crippen LogP contribution >= 0.6 is 15.9 Å². The second-order valence-corrected chi connectivity index (χ2v) is 5.44. The maximum absolute atomic E-state index is 9.96. The van der Waals surface area contributed by atoms with Crippen molar-refractivity contribution in [1.29, 1.82) is 0 Å². The van der Waals surface area contributed by atoms with Crippen LogP contribution in [0.1, 0.15) is 11.4 Å². The minimum absolute atomic E-state index is 0.250. The Morgan fingerprint density at radius 3 is 2.58 bits per heavy atom. The van der Waals surface area contributed by atoms with Crippen LogP contribution in [0.4, 0.5) is 0 Å². The zero-order valence-electron chi connectivity index (χ0n) is 11.0. The third kappa shape index (κ3) is 4.08. The summed E-state index contributed by atoms with van der Waals surface area (Å²) in [6.07, 6.45) is -0.582. The van der Waals surface area contributed by atoms with Crippen LogP contribution in [0.2, 0.25) is 0 Å². The van der Waals surface area contributed by atoms with E-state index in [1.165, 1.54) is 0 Å². The number of halogens is 1. The molecule has 0 aliphatic rings. The van der Waals surface area contributed by atoms with Crippen LogP contribution in [-0.2, 0) is 6.54 Å². The van der Waals surface area contributed by atoms with Gasteiger partial charge in [-0.2, -0.15) is 5.10 Å². The fourth-order valence-electron chi connectivity index (χ4n) is 1.84. The molecule has 1 heterocycles. The third-order valence-corrected chi connectivity index (χ3v) is 3.27. The maximum Gasteiger partial charge on any atom is 0.119 e. The number of ether oxygens (including phenoxy) is 1. The summed E-state index contributed by atoms with van der Waals surface area (Å²) in [5, 5.41) is 14.3. The molecule has 0 saturated carbocycles. The lowest BCUT2D eigenvalue weighted by Gasteiger charge is -2.13. The third-order valence-electron chi connectivity index (χ3n) is 2.74. The van der Waals surface area contributed by atoms with Gasteiger partial charge in [0.2, 0.25) is 0 Å². The van der Waals surface area contributed by atoms with Gasteiger partial charge in [-0.25, -0.2) is 0 Å². The maximum atomic E-state index is 9.96. The molecule has 102 valence electrons. The van der Waals surface area contributed by atoms with Gasteiger partial charge in [0.15, 0.2) is 0 Å². The van der Waals surface area contributed by atoms with Gasteiger partial charge < -0.3 is 9.84 Å². The summed E-state index contributed by atoms with van der Waals surface area (Å²) >= 11 is 3.36. The van der Waals surface area contributed by atoms with Crippen LogP contribution in [-0.4, -0.2) is 27.6 Å². The minimum Gasteiger partial charge on any atom is -0.491 e. The SMILES string of the molecule is Cc1cc(C)n(C[C@H](O)COc2ccc(Br)cc2)n1. The van der Waals surface area contributed by atoms with Gasteiger partial charge in [0, 0.05) is 10.2 Å². The summed E-state index contributed by atoms with van der Waals surface area (Å²) in [7, 11) is 0. The van der Waals surface area contributed by atoms with E-state index < -0.39 is 6.10 Å². The summed E-state index contributed by atoms with van der Waals surface area (Å²) in [4.78, 5) is 0.